The summed E-state index contributed by atoms with van der Waals surface area (Å²) in [5, 5.41) is 0. The number of aryl methyl sites for hydroxylation is 1. The third kappa shape index (κ3) is 2.54. The molecule has 2 aliphatic rings. The van der Waals surface area contributed by atoms with Crippen molar-refractivity contribution >= 4 is 11.6 Å². The molecule has 2 fully saturated rings. The van der Waals surface area contributed by atoms with Crippen LogP contribution in [0.15, 0.2) is 24.3 Å². The topological polar surface area (TPSA) is 23.6 Å². The molecule has 2 atom stereocenters. The molecule has 0 spiro atoms. The number of carbonyl (C=O) groups is 1. The molecule has 1 aromatic carbocycles. The minimum atomic E-state index is 0.299. The fraction of sp³-hybridized carbons (Fsp3) is 0.588. The van der Waals surface area contributed by atoms with E-state index in [9.17, 15) is 4.79 Å². The van der Waals surface area contributed by atoms with Gasteiger partial charge in [-0.1, -0.05) is 17.7 Å². The van der Waals surface area contributed by atoms with Gasteiger partial charge in [0.1, 0.15) is 0 Å². The molecule has 20 heavy (non-hydrogen) atoms. The van der Waals surface area contributed by atoms with E-state index in [4.69, 9.17) is 0 Å². The summed E-state index contributed by atoms with van der Waals surface area (Å²) in [6.45, 7) is 8.34. The quantitative estimate of drug-likeness (QED) is 0.826. The number of piperazine rings is 1. The van der Waals surface area contributed by atoms with Crippen molar-refractivity contribution in [3.05, 3.63) is 29.8 Å². The second kappa shape index (κ2) is 5.12. The highest BCUT2D eigenvalue weighted by molar-refractivity contribution is 5.82. The predicted molar refractivity (Wildman–Crippen MR) is 81.9 cm³/mol. The molecule has 3 nitrogen and oxygen atoms in total. The highest BCUT2D eigenvalue weighted by atomic mass is 16.2. The van der Waals surface area contributed by atoms with Crippen molar-refractivity contribution in [3.8, 4) is 0 Å². The van der Waals surface area contributed by atoms with E-state index in [0.717, 1.165) is 25.9 Å². The fourth-order valence-electron chi connectivity index (χ4n) is 3.26. The van der Waals surface area contributed by atoms with Crippen molar-refractivity contribution in [2.24, 2.45) is 5.92 Å². The van der Waals surface area contributed by atoms with Crippen LogP contribution < -0.4 is 4.90 Å². The third-order valence-electron chi connectivity index (χ3n) is 4.50. The van der Waals surface area contributed by atoms with E-state index in [0.29, 0.717) is 23.9 Å². The molecule has 0 N–H and O–H groups in total. The number of rotatable bonds is 2. The summed E-state index contributed by atoms with van der Waals surface area (Å²) in [7, 11) is 0. The van der Waals surface area contributed by atoms with Gasteiger partial charge in [0.25, 0.3) is 0 Å². The van der Waals surface area contributed by atoms with Crippen molar-refractivity contribution in [1.82, 2.24) is 4.90 Å². The first kappa shape index (κ1) is 13.5. The lowest BCUT2D eigenvalue weighted by Gasteiger charge is -2.45. The Kier molecular flexibility index (Phi) is 3.45. The summed E-state index contributed by atoms with van der Waals surface area (Å²) >= 11 is 0. The molecule has 0 bridgehead atoms. The van der Waals surface area contributed by atoms with Crippen LogP contribution in [0, 0.1) is 12.8 Å². The lowest BCUT2D eigenvalue weighted by molar-refractivity contribution is -0.137. The van der Waals surface area contributed by atoms with E-state index in [1.807, 2.05) is 0 Å². The van der Waals surface area contributed by atoms with E-state index < -0.39 is 0 Å². The second-order valence-corrected chi connectivity index (χ2v) is 6.46. The maximum Gasteiger partial charge on any atom is 0.226 e. The highest BCUT2D eigenvalue weighted by Gasteiger charge is 2.40. The van der Waals surface area contributed by atoms with Gasteiger partial charge >= 0.3 is 0 Å². The van der Waals surface area contributed by atoms with Crippen molar-refractivity contribution in [3.63, 3.8) is 0 Å². The van der Waals surface area contributed by atoms with Crippen molar-refractivity contribution < 1.29 is 4.79 Å². The van der Waals surface area contributed by atoms with Gasteiger partial charge in [-0.25, -0.2) is 0 Å². The Morgan fingerprint density at radius 2 is 1.60 bits per heavy atom. The summed E-state index contributed by atoms with van der Waals surface area (Å²) in [6, 6.07) is 9.29. The number of benzene rings is 1. The molecule has 1 amide bonds. The van der Waals surface area contributed by atoms with Gasteiger partial charge in [-0.3, -0.25) is 4.79 Å². The standard InChI is InChI=1S/C17H24N2O/c1-12-4-8-16(9-5-12)18-10-13(2)19(14(3)11-18)17(20)15-6-7-15/h4-5,8-9,13-15H,6-7,10-11H2,1-3H3. The van der Waals surface area contributed by atoms with Crippen LogP contribution in [-0.2, 0) is 4.79 Å². The Morgan fingerprint density at radius 1 is 1.05 bits per heavy atom. The fourth-order valence-corrected chi connectivity index (χ4v) is 3.26. The van der Waals surface area contributed by atoms with E-state index in [1.165, 1.54) is 11.3 Å². The van der Waals surface area contributed by atoms with Gasteiger partial charge < -0.3 is 9.80 Å². The van der Waals surface area contributed by atoms with Gasteiger partial charge in [0.15, 0.2) is 0 Å². The monoisotopic (exact) mass is 272 g/mol. The molecule has 1 aromatic rings. The van der Waals surface area contributed by atoms with Crippen LogP contribution >= 0.6 is 0 Å². The van der Waals surface area contributed by atoms with Crippen LogP contribution in [-0.4, -0.2) is 36.0 Å². The van der Waals surface area contributed by atoms with Gasteiger partial charge in [-0.05, 0) is 45.7 Å². The largest absolute Gasteiger partial charge is 0.367 e. The lowest BCUT2D eigenvalue weighted by Crippen LogP contribution is -2.59. The minimum Gasteiger partial charge on any atom is -0.367 e. The lowest BCUT2D eigenvalue weighted by atomic mass is 10.1. The first-order chi connectivity index (χ1) is 9.56. The Bertz CT molecular complexity index is 480. The molecule has 1 heterocycles. The van der Waals surface area contributed by atoms with E-state index in [2.05, 4.69) is 54.8 Å². The highest BCUT2D eigenvalue weighted by Crippen LogP contribution is 2.34. The maximum atomic E-state index is 12.4. The SMILES string of the molecule is Cc1ccc(N2CC(C)N(C(=O)C3CC3)C(C)C2)cc1. The molecule has 108 valence electrons. The molecule has 2 unspecified atom stereocenters. The van der Waals surface area contributed by atoms with E-state index >= 15 is 0 Å². The van der Waals surface area contributed by atoms with Gasteiger partial charge in [0.2, 0.25) is 5.91 Å². The molecule has 0 radical (unpaired) electrons. The normalized spacial score (nSPS) is 26.8. The molecular formula is C17H24N2O. The predicted octanol–water partition coefficient (Wildman–Crippen LogP) is 2.83. The summed E-state index contributed by atoms with van der Waals surface area (Å²) in [5.41, 5.74) is 2.56. The van der Waals surface area contributed by atoms with Gasteiger partial charge in [0.05, 0.1) is 0 Å². The molecule has 0 aromatic heterocycles. The molecule has 1 saturated carbocycles. The molecule has 3 rings (SSSR count). The number of carbonyl (C=O) groups excluding carboxylic acids is 1. The summed E-state index contributed by atoms with van der Waals surface area (Å²) in [6.07, 6.45) is 2.19. The second-order valence-electron chi connectivity index (χ2n) is 6.46. The van der Waals surface area contributed by atoms with Gasteiger partial charge in [-0.2, -0.15) is 0 Å². The van der Waals surface area contributed by atoms with Crippen molar-refractivity contribution in [2.75, 3.05) is 18.0 Å². The number of nitrogens with zero attached hydrogens (tertiary/aromatic N) is 2. The zero-order valence-corrected chi connectivity index (χ0v) is 12.7. The average Bonchev–Trinajstić information content (AvgIpc) is 3.22. The number of hydrogen-bond acceptors (Lipinski definition) is 2. The van der Waals surface area contributed by atoms with Crippen molar-refractivity contribution in [2.45, 2.75) is 45.7 Å². The summed E-state index contributed by atoms with van der Waals surface area (Å²) in [5.74, 6) is 0.708. The van der Waals surface area contributed by atoms with Gasteiger partial charge in [0, 0.05) is 36.8 Å². The Hall–Kier alpha value is -1.51. The zero-order chi connectivity index (χ0) is 14.3. The molecule has 3 heteroatoms. The Labute approximate surface area is 121 Å². The molecule has 1 saturated heterocycles. The third-order valence-corrected chi connectivity index (χ3v) is 4.50. The number of hydrogen-bond donors (Lipinski definition) is 0. The van der Waals surface area contributed by atoms with Crippen LogP contribution in [0.3, 0.4) is 0 Å². The van der Waals surface area contributed by atoms with Crippen LogP contribution in [0.2, 0.25) is 0 Å². The van der Waals surface area contributed by atoms with Crippen LogP contribution in [0.4, 0.5) is 5.69 Å². The summed E-state index contributed by atoms with van der Waals surface area (Å²) < 4.78 is 0. The first-order valence-electron chi connectivity index (χ1n) is 7.70. The Morgan fingerprint density at radius 3 is 2.10 bits per heavy atom. The summed E-state index contributed by atoms with van der Waals surface area (Å²) in [4.78, 5) is 16.9. The van der Waals surface area contributed by atoms with Crippen LogP contribution in [0.5, 0.6) is 0 Å². The van der Waals surface area contributed by atoms with E-state index in [1.54, 1.807) is 0 Å². The van der Waals surface area contributed by atoms with Crippen LogP contribution in [0.25, 0.3) is 0 Å². The van der Waals surface area contributed by atoms with Crippen LogP contribution in [0.1, 0.15) is 32.3 Å². The molecule has 1 aliphatic carbocycles. The Balaban J connectivity index is 1.73. The smallest absolute Gasteiger partial charge is 0.226 e. The first-order valence-corrected chi connectivity index (χ1v) is 7.70. The number of anilines is 1. The van der Waals surface area contributed by atoms with Gasteiger partial charge in [-0.15, -0.1) is 0 Å². The minimum absolute atomic E-state index is 0.299. The zero-order valence-electron chi connectivity index (χ0n) is 12.7. The van der Waals surface area contributed by atoms with Crippen molar-refractivity contribution in [1.29, 1.82) is 0 Å². The number of amides is 1. The molecular weight excluding hydrogens is 248 g/mol. The maximum absolute atomic E-state index is 12.4. The van der Waals surface area contributed by atoms with E-state index in [-0.39, 0.29) is 0 Å². The average molecular weight is 272 g/mol. The molecule has 1 aliphatic heterocycles.